The molecular formula is C27H20F3N3O3. The molecule has 2 N–H and O–H groups in total. The van der Waals surface area contributed by atoms with Crippen molar-refractivity contribution >= 4 is 5.91 Å². The van der Waals surface area contributed by atoms with Crippen LogP contribution in [0.2, 0.25) is 0 Å². The summed E-state index contributed by atoms with van der Waals surface area (Å²) < 4.78 is 47.2. The topological polar surface area (TPSA) is 84.1 Å². The van der Waals surface area contributed by atoms with Gasteiger partial charge in [0.1, 0.15) is 22.8 Å². The van der Waals surface area contributed by atoms with E-state index in [1.165, 1.54) is 24.5 Å². The van der Waals surface area contributed by atoms with E-state index in [0.717, 1.165) is 17.2 Å². The van der Waals surface area contributed by atoms with Crippen molar-refractivity contribution in [1.82, 2.24) is 15.3 Å². The monoisotopic (exact) mass is 491 g/mol. The summed E-state index contributed by atoms with van der Waals surface area (Å²) in [5.74, 6) is 0.294. The van der Waals surface area contributed by atoms with E-state index in [2.05, 4.69) is 10.3 Å². The Labute approximate surface area is 203 Å². The molecule has 2 aromatic carbocycles. The average molecular weight is 491 g/mol. The van der Waals surface area contributed by atoms with Crippen molar-refractivity contribution in [3.63, 3.8) is 0 Å². The van der Waals surface area contributed by atoms with Crippen molar-refractivity contribution in [3.8, 4) is 22.6 Å². The number of aryl methyl sites for hydroxylation is 2. The second kappa shape index (κ2) is 8.67. The quantitative estimate of drug-likeness (QED) is 0.385. The van der Waals surface area contributed by atoms with Crippen molar-refractivity contribution < 1.29 is 22.7 Å². The highest BCUT2D eigenvalue weighted by atomic mass is 19.4. The fourth-order valence-electron chi connectivity index (χ4n) is 4.40. The first-order valence-corrected chi connectivity index (χ1v) is 11.1. The molecule has 0 aliphatic carbocycles. The van der Waals surface area contributed by atoms with Crippen LogP contribution in [0.1, 0.15) is 44.3 Å². The molecule has 0 fully saturated rings. The normalized spacial score (nSPS) is 14.4. The van der Waals surface area contributed by atoms with E-state index in [1.54, 1.807) is 6.07 Å². The van der Waals surface area contributed by atoms with Crippen LogP contribution in [-0.2, 0) is 6.18 Å². The van der Waals surface area contributed by atoms with Crippen LogP contribution in [0.3, 0.4) is 0 Å². The predicted molar refractivity (Wildman–Crippen MR) is 127 cm³/mol. The Hall–Kier alpha value is -4.40. The van der Waals surface area contributed by atoms with Gasteiger partial charge in [0.25, 0.3) is 11.5 Å². The van der Waals surface area contributed by atoms with Gasteiger partial charge in [-0.25, -0.2) is 0 Å². The zero-order valence-corrected chi connectivity index (χ0v) is 19.2. The third-order valence-corrected chi connectivity index (χ3v) is 6.11. The minimum Gasteiger partial charge on any atom is -0.457 e. The first-order valence-electron chi connectivity index (χ1n) is 11.1. The molecule has 4 aromatic rings. The number of pyridine rings is 2. The van der Waals surface area contributed by atoms with Crippen LogP contribution in [-0.4, -0.2) is 15.9 Å². The molecule has 9 heteroatoms. The van der Waals surface area contributed by atoms with Crippen LogP contribution in [0, 0.1) is 13.8 Å². The first kappa shape index (κ1) is 23.3. The molecule has 0 radical (unpaired) electrons. The van der Waals surface area contributed by atoms with Gasteiger partial charge in [0, 0.05) is 29.1 Å². The van der Waals surface area contributed by atoms with Crippen LogP contribution in [0.5, 0.6) is 11.5 Å². The van der Waals surface area contributed by atoms with Crippen molar-refractivity contribution in [3.05, 3.63) is 111 Å². The summed E-state index contributed by atoms with van der Waals surface area (Å²) in [6.45, 7) is 3.78. The number of hydrogen-bond acceptors (Lipinski definition) is 4. The number of nitrogens with one attached hydrogen (secondary N) is 2. The van der Waals surface area contributed by atoms with Gasteiger partial charge in [-0.2, -0.15) is 13.2 Å². The van der Waals surface area contributed by atoms with Gasteiger partial charge in [-0.1, -0.05) is 24.3 Å². The van der Waals surface area contributed by atoms with E-state index in [1.807, 2.05) is 49.2 Å². The highest BCUT2D eigenvalue weighted by Crippen LogP contribution is 2.44. The molecule has 6 nitrogen and oxygen atoms in total. The minimum atomic E-state index is -4.83. The molecule has 1 aliphatic heterocycles. The molecular weight excluding hydrogens is 471 g/mol. The van der Waals surface area contributed by atoms with Gasteiger partial charge >= 0.3 is 6.18 Å². The number of rotatable bonds is 3. The Morgan fingerprint density at radius 1 is 1.03 bits per heavy atom. The van der Waals surface area contributed by atoms with Crippen LogP contribution in [0.15, 0.2) is 71.8 Å². The van der Waals surface area contributed by atoms with E-state index < -0.39 is 34.9 Å². The van der Waals surface area contributed by atoms with Crippen LogP contribution in [0.4, 0.5) is 13.2 Å². The molecule has 5 rings (SSSR count). The Morgan fingerprint density at radius 3 is 2.50 bits per heavy atom. The van der Waals surface area contributed by atoms with E-state index >= 15 is 0 Å². The van der Waals surface area contributed by atoms with Gasteiger partial charge in [-0.3, -0.25) is 14.6 Å². The maximum atomic E-state index is 13.7. The fraction of sp³-hybridized carbons (Fsp3) is 0.148. The molecule has 0 spiro atoms. The second-order valence-electron chi connectivity index (χ2n) is 8.57. The van der Waals surface area contributed by atoms with Crippen molar-refractivity contribution in [2.24, 2.45) is 0 Å². The SMILES string of the molecule is Cc1ccc2c(c1)Oc1cccc(C)c1C2NC(=O)c1cc(-c2ccncc2)c(C(F)(F)F)[nH]c1=O. The van der Waals surface area contributed by atoms with E-state index in [9.17, 15) is 22.8 Å². The van der Waals surface area contributed by atoms with Crippen LogP contribution in [0.25, 0.3) is 11.1 Å². The number of fused-ring (bicyclic) bond motifs is 2. The molecule has 36 heavy (non-hydrogen) atoms. The van der Waals surface area contributed by atoms with E-state index in [4.69, 9.17) is 4.74 Å². The number of amides is 1. The number of alkyl halides is 3. The molecule has 182 valence electrons. The van der Waals surface area contributed by atoms with Crippen molar-refractivity contribution in [2.45, 2.75) is 26.1 Å². The number of H-pyrrole nitrogens is 1. The summed E-state index contributed by atoms with van der Waals surface area (Å²) in [5, 5.41) is 2.85. The summed E-state index contributed by atoms with van der Waals surface area (Å²) in [6.07, 6.45) is -2.16. The van der Waals surface area contributed by atoms with Crippen molar-refractivity contribution in [1.29, 1.82) is 0 Å². The van der Waals surface area contributed by atoms with E-state index in [-0.39, 0.29) is 11.1 Å². The van der Waals surface area contributed by atoms with Gasteiger partial charge in [0.05, 0.1) is 6.04 Å². The number of aromatic amines is 1. The number of hydrogen-bond donors (Lipinski definition) is 2. The number of nitrogens with zero attached hydrogens (tertiary/aromatic N) is 1. The van der Waals surface area contributed by atoms with Crippen LogP contribution >= 0.6 is 0 Å². The number of benzene rings is 2. The largest absolute Gasteiger partial charge is 0.457 e. The Bertz CT molecular complexity index is 1550. The molecule has 1 amide bonds. The molecule has 3 heterocycles. The van der Waals surface area contributed by atoms with Gasteiger partial charge < -0.3 is 15.0 Å². The molecule has 2 aromatic heterocycles. The lowest BCUT2D eigenvalue weighted by atomic mass is 9.90. The third-order valence-electron chi connectivity index (χ3n) is 6.11. The number of carbonyl (C=O) groups excluding carboxylic acids is 1. The summed E-state index contributed by atoms with van der Waals surface area (Å²) in [6, 6.07) is 14.1. The lowest BCUT2D eigenvalue weighted by molar-refractivity contribution is -0.140. The number of ether oxygens (including phenoxy) is 1. The molecule has 1 unspecified atom stereocenters. The zero-order valence-electron chi connectivity index (χ0n) is 19.2. The Kier molecular flexibility index (Phi) is 5.62. The van der Waals surface area contributed by atoms with Gasteiger partial charge in [0.2, 0.25) is 0 Å². The fourth-order valence-corrected chi connectivity index (χ4v) is 4.40. The average Bonchev–Trinajstić information content (AvgIpc) is 2.83. The molecule has 1 atom stereocenters. The smallest absolute Gasteiger partial charge is 0.431 e. The van der Waals surface area contributed by atoms with Crippen LogP contribution < -0.4 is 15.6 Å². The summed E-state index contributed by atoms with van der Waals surface area (Å²) in [4.78, 5) is 31.8. The zero-order chi connectivity index (χ0) is 25.6. The van der Waals surface area contributed by atoms with Gasteiger partial charge in [0.15, 0.2) is 0 Å². The molecule has 0 saturated carbocycles. The highest BCUT2D eigenvalue weighted by molar-refractivity contribution is 5.96. The minimum absolute atomic E-state index is 0.163. The van der Waals surface area contributed by atoms with E-state index in [0.29, 0.717) is 22.6 Å². The van der Waals surface area contributed by atoms with Crippen molar-refractivity contribution in [2.75, 3.05) is 0 Å². The maximum absolute atomic E-state index is 13.7. The summed E-state index contributed by atoms with van der Waals surface area (Å²) in [5.41, 5.74) is 0.212. The van der Waals surface area contributed by atoms with Gasteiger partial charge in [-0.05, 0) is 60.9 Å². The molecule has 0 bridgehead atoms. The lowest BCUT2D eigenvalue weighted by Gasteiger charge is -2.30. The second-order valence-corrected chi connectivity index (χ2v) is 8.57. The Morgan fingerprint density at radius 2 is 1.78 bits per heavy atom. The maximum Gasteiger partial charge on any atom is 0.431 e. The van der Waals surface area contributed by atoms with Gasteiger partial charge in [-0.15, -0.1) is 0 Å². The lowest BCUT2D eigenvalue weighted by Crippen LogP contribution is -2.35. The Balaban J connectivity index is 1.62. The third kappa shape index (κ3) is 4.13. The first-order chi connectivity index (χ1) is 17.1. The molecule has 0 saturated heterocycles. The summed E-state index contributed by atoms with van der Waals surface area (Å²) >= 11 is 0. The standard InChI is InChI=1S/C27H20F3N3O3/c1-14-6-7-17-21(12-14)36-20-5-3-4-15(2)22(20)23(17)32-25(34)19-13-18(16-8-10-31-11-9-16)24(27(28,29)30)33-26(19)35/h3-13,23H,1-2H3,(H,32,34)(H,33,35). The highest BCUT2D eigenvalue weighted by Gasteiger charge is 2.37. The predicted octanol–water partition coefficient (Wildman–Crippen LogP) is 5.70. The number of halogens is 3. The number of carbonyl (C=O) groups is 1. The molecule has 1 aliphatic rings. The summed E-state index contributed by atoms with van der Waals surface area (Å²) in [7, 11) is 0. The number of aromatic nitrogens is 2.